The number of carboxylic acids is 1. The molecule has 0 fully saturated rings. The van der Waals surface area contributed by atoms with E-state index >= 15 is 0 Å². The van der Waals surface area contributed by atoms with Crippen LogP contribution in [0.5, 0.6) is 5.75 Å². The molecule has 6 heteroatoms. The number of benzene rings is 1. The fraction of sp³-hybridized carbons (Fsp3) is 0.429. The first-order valence-corrected chi connectivity index (χ1v) is 6.22. The average molecular weight is 281 g/mol. The number of rotatable bonds is 7. The molecule has 110 valence electrons. The van der Waals surface area contributed by atoms with E-state index in [0.717, 1.165) is 0 Å². The summed E-state index contributed by atoms with van der Waals surface area (Å²) in [5, 5.41) is 11.3. The number of carbonyl (C=O) groups is 2. The molecule has 0 radical (unpaired) electrons. The fourth-order valence-electron chi connectivity index (χ4n) is 1.47. The summed E-state index contributed by atoms with van der Waals surface area (Å²) in [7, 11) is 1.48. The third-order valence-corrected chi connectivity index (χ3v) is 3.06. The van der Waals surface area contributed by atoms with E-state index in [1.807, 2.05) is 6.92 Å². The number of carboxylic acid groups (broad SMARTS) is 1. The van der Waals surface area contributed by atoms with Crippen LogP contribution in [0.4, 0.5) is 5.69 Å². The number of hydrogen-bond acceptors (Lipinski definition) is 4. The van der Waals surface area contributed by atoms with Gasteiger partial charge in [-0.05, 0) is 25.5 Å². The Morgan fingerprint density at radius 1 is 1.40 bits per heavy atom. The Bertz CT molecular complexity index is 482. The molecule has 1 aromatic carbocycles. The van der Waals surface area contributed by atoms with E-state index in [1.165, 1.54) is 7.11 Å². The van der Waals surface area contributed by atoms with Crippen molar-refractivity contribution in [3.63, 3.8) is 0 Å². The van der Waals surface area contributed by atoms with E-state index in [-0.39, 0.29) is 5.91 Å². The summed E-state index contributed by atoms with van der Waals surface area (Å²) in [6.45, 7) is 3.13. The summed E-state index contributed by atoms with van der Waals surface area (Å²) in [6, 6.07) is 6.54. The minimum Gasteiger partial charge on any atom is -0.482 e. The van der Waals surface area contributed by atoms with Crippen LogP contribution in [-0.4, -0.2) is 36.3 Å². The molecule has 1 atom stereocenters. The monoisotopic (exact) mass is 281 g/mol. The molecule has 2 N–H and O–H groups in total. The van der Waals surface area contributed by atoms with Gasteiger partial charge in [0, 0.05) is 18.9 Å². The highest BCUT2D eigenvalue weighted by Crippen LogP contribution is 2.21. The van der Waals surface area contributed by atoms with E-state index in [2.05, 4.69) is 5.32 Å². The highest BCUT2D eigenvalue weighted by atomic mass is 16.5. The third-order valence-electron chi connectivity index (χ3n) is 3.06. The summed E-state index contributed by atoms with van der Waals surface area (Å²) < 4.78 is 10.3. The van der Waals surface area contributed by atoms with Crippen LogP contribution < -0.4 is 10.1 Å². The molecule has 0 aliphatic heterocycles. The number of methoxy groups -OCH3 is 1. The van der Waals surface area contributed by atoms with Gasteiger partial charge in [-0.3, -0.25) is 4.79 Å². The molecule has 6 nitrogen and oxygen atoms in total. The zero-order chi connectivity index (χ0) is 15.2. The first-order chi connectivity index (χ1) is 9.41. The van der Waals surface area contributed by atoms with Gasteiger partial charge in [-0.25, -0.2) is 4.79 Å². The van der Waals surface area contributed by atoms with Crippen molar-refractivity contribution in [3.8, 4) is 5.75 Å². The van der Waals surface area contributed by atoms with Crippen LogP contribution in [0.2, 0.25) is 0 Å². The van der Waals surface area contributed by atoms with Crippen molar-refractivity contribution in [3.05, 3.63) is 24.3 Å². The van der Waals surface area contributed by atoms with Gasteiger partial charge >= 0.3 is 5.97 Å². The Kier molecular flexibility index (Phi) is 5.52. The van der Waals surface area contributed by atoms with Gasteiger partial charge in [-0.1, -0.05) is 13.0 Å². The largest absolute Gasteiger partial charge is 0.482 e. The number of carbonyl (C=O) groups excluding carboxylic acids is 1. The van der Waals surface area contributed by atoms with Crippen LogP contribution in [0.1, 0.15) is 20.3 Å². The number of nitrogens with one attached hydrogen (secondary N) is 1. The van der Waals surface area contributed by atoms with Crippen LogP contribution in [-0.2, 0) is 14.3 Å². The number of amides is 1. The summed E-state index contributed by atoms with van der Waals surface area (Å²) in [6.07, 6.45) is 0.532. The van der Waals surface area contributed by atoms with Gasteiger partial charge in [0.1, 0.15) is 11.4 Å². The second-order valence-electron chi connectivity index (χ2n) is 4.45. The summed E-state index contributed by atoms with van der Waals surface area (Å²) in [5.41, 5.74) is -0.382. The van der Waals surface area contributed by atoms with Gasteiger partial charge in [-0.2, -0.15) is 0 Å². The molecule has 0 aromatic heterocycles. The minimum absolute atomic E-state index is 0.266. The maximum absolute atomic E-state index is 12.1. The molecule has 20 heavy (non-hydrogen) atoms. The number of ether oxygens (including phenoxy) is 2. The second kappa shape index (κ2) is 6.91. The van der Waals surface area contributed by atoms with E-state index in [0.29, 0.717) is 17.9 Å². The van der Waals surface area contributed by atoms with E-state index in [4.69, 9.17) is 14.6 Å². The normalized spacial score (nSPS) is 13.3. The molecule has 0 spiro atoms. The molecule has 0 bridgehead atoms. The topological polar surface area (TPSA) is 84.9 Å². The maximum atomic E-state index is 12.1. The molecule has 1 aromatic rings. The van der Waals surface area contributed by atoms with Crippen molar-refractivity contribution in [1.82, 2.24) is 0 Å². The molecule has 0 aliphatic rings. The van der Waals surface area contributed by atoms with E-state index in [9.17, 15) is 9.59 Å². The number of anilines is 1. The Morgan fingerprint density at radius 2 is 2.10 bits per heavy atom. The van der Waals surface area contributed by atoms with Gasteiger partial charge < -0.3 is 19.9 Å². The van der Waals surface area contributed by atoms with Crippen LogP contribution in [0, 0.1) is 0 Å². The second-order valence-corrected chi connectivity index (χ2v) is 4.45. The molecule has 0 aliphatic carbocycles. The Morgan fingerprint density at radius 3 is 2.65 bits per heavy atom. The lowest BCUT2D eigenvalue weighted by Crippen LogP contribution is -2.41. The molecule has 0 saturated heterocycles. The van der Waals surface area contributed by atoms with Gasteiger partial charge in [0.25, 0.3) is 5.91 Å². The smallest absolute Gasteiger partial charge is 0.341 e. The van der Waals surface area contributed by atoms with Gasteiger partial charge in [0.05, 0.1) is 0 Å². The average Bonchev–Trinajstić information content (AvgIpc) is 2.44. The standard InChI is InChI=1S/C14H19NO5/c1-4-14(2,19-3)13(18)15-10-6-5-7-11(8-10)20-9-12(16)17/h5-8H,4,9H2,1-3H3,(H,15,18)(H,16,17). The predicted octanol–water partition coefficient (Wildman–Crippen LogP) is 1.90. The van der Waals surface area contributed by atoms with Crippen molar-refractivity contribution < 1.29 is 24.2 Å². The summed E-state index contributed by atoms with van der Waals surface area (Å²) in [4.78, 5) is 22.5. The number of aliphatic carboxylic acids is 1. The zero-order valence-electron chi connectivity index (χ0n) is 11.8. The van der Waals surface area contributed by atoms with Gasteiger partial charge in [0.2, 0.25) is 0 Å². The third kappa shape index (κ3) is 4.24. The molecule has 1 rings (SSSR count). The molecule has 0 heterocycles. The highest BCUT2D eigenvalue weighted by Gasteiger charge is 2.30. The van der Waals surface area contributed by atoms with Crippen LogP contribution >= 0.6 is 0 Å². The van der Waals surface area contributed by atoms with Crippen LogP contribution in [0.25, 0.3) is 0 Å². The van der Waals surface area contributed by atoms with Crippen LogP contribution in [0.3, 0.4) is 0 Å². The lowest BCUT2D eigenvalue weighted by Gasteiger charge is -2.25. The molecular weight excluding hydrogens is 262 g/mol. The zero-order valence-corrected chi connectivity index (χ0v) is 11.8. The van der Waals surface area contributed by atoms with Gasteiger partial charge in [0.15, 0.2) is 6.61 Å². The lowest BCUT2D eigenvalue weighted by atomic mass is 10.0. The summed E-state index contributed by atoms with van der Waals surface area (Å²) >= 11 is 0. The maximum Gasteiger partial charge on any atom is 0.341 e. The van der Waals surface area contributed by atoms with Crippen molar-refractivity contribution in [1.29, 1.82) is 0 Å². The molecular formula is C14H19NO5. The predicted molar refractivity (Wildman–Crippen MR) is 73.9 cm³/mol. The summed E-state index contributed by atoms with van der Waals surface area (Å²) in [5.74, 6) is -0.948. The number of hydrogen-bond donors (Lipinski definition) is 2. The Balaban J connectivity index is 2.75. The molecule has 0 saturated carbocycles. The SMILES string of the molecule is CCC(C)(OC)C(=O)Nc1cccc(OCC(=O)O)c1. The van der Waals surface area contributed by atoms with Crippen molar-refractivity contribution in [2.45, 2.75) is 25.9 Å². The molecule has 1 unspecified atom stereocenters. The van der Waals surface area contributed by atoms with E-state index < -0.39 is 18.2 Å². The molecule has 1 amide bonds. The Hall–Kier alpha value is -2.08. The highest BCUT2D eigenvalue weighted by molar-refractivity contribution is 5.97. The van der Waals surface area contributed by atoms with Crippen molar-refractivity contribution in [2.75, 3.05) is 19.0 Å². The van der Waals surface area contributed by atoms with E-state index in [1.54, 1.807) is 31.2 Å². The minimum atomic E-state index is -1.06. The van der Waals surface area contributed by atoms with Gasteiger partial charge in [-0.15, -0.1) is 0 Å². The first-order valence-electron chi connectivity index (χ1n) is 6.22. The lowest BCUT2D eigenvalue weighted by molar-refractivity contribution is -0.139. The quantitative estimate of drug-likeness (QED) is 0.797. The van der Waals surface area contributed by atoms with Crippen molar-refractivity contribution >= 4 is 17.6 Å². The Labute approximate surface area is 117 Å². The van der Waals surface area contributed by atoms with Crippen LogP contribution in [0.15, 0.2) is 24.3 Å². The fourth-order valence-corrected chi connectivity index (χ4v) is 1.47. The van der Waals surface area contributed by atoms with Crippen molar-refractivity contribution in [2.24, 2.45) is 0 Å². The first kappa shape index (κ1) is 16.0.